The molecule has 21 heavy (non-hydrogen) atoms. The second-order valence-corrected chi connectivity index (χ2v) is 7.42. The van der Waals surface area contributed by atoms with Crippen LogP contribution in [-0.2, 0) is 22.2 Å². The van der Waals surface area contributed by atoms with Crippen molar-refractivity contribution >= 4 is 21.4 Å². The van der Waals surface area contributed by atoms with E-state index in [1.165, 1.54) is 0 Å². The van der Waals surface area contributed by atoms with Crippen LogP contribution in [0.2, 0.25) is 0 Å². The van der Waals surface area contributed by atoms with Crippen LogP contribution in [0.1, 0.15) is 23.6 Å². The van der Waals surface area contributed by atoms with E-state index in [1.807, 2.05) is 29.8 Å². The molecule has 1 aromatic carbocycles. The molecular formula is C15H16N2O2S2. The molecule has 0 aliphatic carbocycles. The fraction of sp³-hybridized carbons (Fsp3) is 0.267. The maximum atomic E-state index is 12.2. The van der Waals surface area contributed by atoms with Crippen molar-refractivity contribution < 1.29 is 8.42 Å². The summed E-state index contributed by atoms with van der Waals surface area (Å²) in [5.41, 5.74) is 2.04. The van der Waals surface area contributed by atoms with E-state index in [9.17, 15) is 8.42 Å². The molecule has 0 saturated carbocycles. The second-order valence-electron chi connectivity index (χ2n) is 4.88. The monoisotopic (exact) mass is 320 g/mol. The van der Waals surface area contributed by atoms with Gasteiger partial charge in [0.1, 0.15) is 0 Å². The third-order valence-electron chi connectivity index (χ3n) is 2.99. The highest BCUT2D eigenvalue weighted by Crippen LogP contribution is 2.13. The summed E-state index contributed by atoms with van der Waals surface area (Å²) in [6.45, 7) is 1.84. The van der Waals surface area contributed by atoms with Gasteiger partial charge in [0.25, 0.3) is 0 Å². The zero-order valence-corrected chi connectivity index (χ0v) is 13.2. The highest BCUT2D eigenvalue weighted by molar-refractivity contribution is 7.88. The molecule has 110 valence electrons. The molecule has 0 bridgehead atoms. The van der Waals surface area contributed by atoms with Crippen LogP contribution in [0.15, 0.2) is 41.1 Å². The Hall–Kier alpha value is -1.68. The lowest BCUT2D eigenvalue weighted by atomic mass is 10.1. The highest BCUT2D eigenvalue weighted by atomic mass is 32.2. The Bertz CT molecular complexity index is 731. The van der Waals surface area contributed by atoms with Gasteiger partial charge in [-0.1, -0.05) is 18.2 Å². The summed E-state index contributed by atoms with van der Waals surface area (Å²) < 4.78 is 27.0. The van der Waals surface area contributed by atoms with Gasteiger partial charge < -0.3 is 0 Å². The van der Waals surface area contributed by atoms with Gasteiger partial charge >= 0.3 is 0 Å². The standard InChI is InChI=1S/C15H16N2O2S2/c1-12(8-13-6-7-20-10-13)17-21(18,19)11-15-5-3-2-4-14(15)9-16/h2-7,10,12,17H,8,11H2,1H3. The molecule has 0 amide bonds. The molecule has 2 rings (SSSR count). The topological polar surface area (TPSA) is 70.0 Å². The van der Waals surface area contributed by atoms with E-state index in [-0.39, 0.29) is 11.8 Å². The summed E-state index contributed by atoms with van der Waals surface area (Å²) in [7, 11) is -3.47. The number of nitrogens with one attached hydrogen (secondary N) is 1. The number of rotatable bonds is 6. The van der Waals surface area contributed by atoms with E-state index in [4.69, 9.17) is 5.26 Å². The number of benzene rings is 1. The Morgan fingerprint density at radius 2 is 2.10 bits per heavy atom. The van der Waals surface area contributed by atoms with Crippen LogP contribution in [0.3, 0.4) is 0 Å². The first-order chi connectivity index (χ1) is 10.00. The summed E-state index contributed by atoms with van der Waals surface area (Å²) in [5, 5.41) is 13.0. The minimum atomic E-state index is -3.47. The highest BCUT2D eigenvalue weighted by Gasteiger charge is 2.17. The zero-order chi connectivity index (χ0) is 15.3. The van der Waals surface area contributed by atoms with Crippen LogP contribution in [0, 0.1) is 11.3 Å². The molecule has 1 heterocycles. The molecule has 0 saturated heterocycles. The number of hydrogen-bond acceptors (Lipinski definition) is 4. The van der Waals surface area contributed by atoms with Gasteiger partial charge in [-0.3, -0.25) is 0 Å². The molecule has 6 heteroatoms. The number of nitriles is 1. The van der Waals surface area contributed by atoms with Crippen molar-refractivity contribution in [1.29, 1.82) is 5.26 Å². The molecule has 0 aliphatic heterocycles. The average Bonchev–Trinajstić information content (AvgIpc) is 2.90. The molecule has 1 aromatic heterocycles. The number of sulfonamides is 1. The molecule has 0 radical (unpaired) electrons. The molecule has 0 aliphatic rings. The molecule has 0 spiro atoms. The lowest BCUT2D eigenvalue weighted by molar-refractivity contribution is 0.559. The molecule has 4 nitrogen and oxygen atoms in total. The minimum Gasteiger partial charge on any atom is -0.212 e. The third kappa shape index (κ3) is 4.67. The van der Waals surface area contributed by atoms with Crippen molar-refractivity contribution in [2.75, 3.05) is 0 Å². The first-order valence-electron chi connectivity index (χ1n) is 6.49. The van der Waals surface area contributed by atoms with Crippen LogP contribution in [-0.4, -0.2) is 14.5 Å². The lowest BCUT2D eigenvalue weighted by Gasteiger charge is -2.14. The first kappa shape index (κ1) is 15.7. The van der Waals surface area contributed by atoms with Crippen molar-refractivity contribution in [1.82, 2.24) is 4.72 Å². The number of nitrogens with zero attached hydrogens (tertiary/aromatic N) is 1. The Balaban J connectivity index is 2.03. The summed E-state index contributed by atoms with van der Waals surface area (Å²) in [6, 6.07) is 10.6. The van der Waals surface area contributed by atoms with E-state index >= 15 is 0 Å². The summed E-state index contributed by atoms with van der Waals surface area (Å²) in [5.74, 6) is -0.176. The van der Waals surface area contributed by atoms with E-state index < -0.39 is 10.0 Å². The maximum Gasteiger partial charge on any atom is 0.216 e. The second kappa shape index (κ2) is 6.85. The molecule has 1 N–H and O–H groups in total. The van der Waals surface area contributed by atoms with Gasteiger partial charge in [0.2, 0.25) is 10.0 Å². The van der Waals surface area contributed by atoms with E-state index in [1.54, 1.807) is 35.6 Å². The van der Waals surface area contributed by atoms with Gasteiger partial charge in [0, 0.05) is 6.04 Å². The SMILES string of the molecule is CC(Cc1ccsc1)NS(=O)(=O)Cc1ccccc1C#N. The summed E-state index contributed by atoms with van der Waals surface area (Å²) >= 11 is 1.59. The van der Waals surface area contributed by atoms with Crippen LogP contribution in [0.4, 0.5) is 0 Å². The van der Waals surface area contributed by atoms with Crippen LogP contribution in [0.25, 0.3) is 0 Å². The van der Waals surface area contributed by atoms with Gasteiger partial charge in [0.15, 0.2) is 0 Å². The predicted octanol–water partition coefficient (Wildman–Crippen LogP) is 2.67. The first-order valence-corrected chi connectivity index (χ1v) is 9.09. The Kier molecular flexibility index (Phi) is 5.12. The van der Waals surface area contributed by atoms with Crippen LogP contribution >= 0.6 is 11.3 Å². The van der Waals surface area contributed by atoms with Gasteiger partial charge in [-0.25, -0.2) is 13.1 Å². The van der Waals surface area contributed by atoms with Gasteiger partial charge in [-0.15, -0.1) is 0 Å². The largest absolute Gasteiger partial charge is 0.216 e. The zero-order valence-electron chi connectivity index (χ0n) is 11.6. The normalized spacial score (nSPS) is 12.8. The smallest absolute Gasteiger partial charge is 0.212 e. The third-order valence-corrected chi connectivity index (χ3v) is 5.17. The molecule has 1 unspecified atom stereocenters. The Morgan fingerprint density at radius 3 is 2.76 bits per heavy atom. The lowest BCUT2D eigenvalue weighted by Crippen LogP contribution is -2.35. The molecule has 1 atom stereocenters. The van der Waals surface area contributed by atoms with Crippen molar-refractivity contribution in [2.45, 2.75) is 25.1 Å². The number of hydrogen-bond donors (Lipinski definition) is 1. The Labute approximate surface area is 129 Å². The van der Waals surface area contributed by atoms with Crippen molar-refractivity contribution in [3.05, 3.63) is 57.8 Å². The molecule has 0 fully saturated rings. The molecular weight excluding hydrogens is 304 g/mol. The van der Waals surface area contributed by atoms with Gasteiger partial charge in [-0.2, -0.15) is 16.6 Å². The van der Waals surface area contributed by atoms with Crippen molar-refractivity contribution in [2.24, 2.45) is 0 Å². The summed E-state index contributed by atoms with van der Waals surface area (Å²) in [6.07, 6.45) is 0.655. The van der Waals surface area contributed by atoms with E-state index in [0.717, 1.165) is 5.56 Å². The number of thiophene rings is 1. The summed E-state index contributed by atoms with van der Waals surface area (Å²) in [4.78, 5) is 0. The van der Waals surface area contributed by atoms with Gasteiger partial charge in [-0.05, 0) is 47.4 Å². The Morgan fingerprint density at radius 1 is 1.33 bits per heavy atom. The van der Waals surface area contributed by atoms with E-state index in [2.05, 4.69) is 4.72 Å². The van der Waals surface area contributed by atoms with Gasteiger partial charge in [0.05, 0.1) is 17.4 Å². The quantitative estimate of drug-likeness (QED) is 0.889. The fourth-order valence-corrected chi connectivity index (χ4v) is 4.23. The van der Waals surface area contributed by atoms with Crippen molar-refractivity contribution in [3.63, 3.8) is 0 Å². The minimum absolute atomic E-state index is 0.176. The van der Waals surface area contributed by atoms with Crippen LogP contribution < -0.4 is 4.72 Å². The average molecular weight is 320 g/mol. The van der Waals surface area contributed by atoms with Crippen molar-refractivity contribution in [3.8, 4) is 6.07 Å². The van der Waals surface area contributed by atoms with E-state index in [0.29, 0.717) is 17.5 Å². The fourth-order valence-electron chi connectivity index (χ4n) is 2.11. The maximum absolute atomic E-state index is 12.2. The predicted molar refractivity (Wildman–Crippen MR) is 84.4 cm³/mol. The van der Waals surface area contributed by atoms with Crippen LogP contribution in [0.5, 0.6) is 0 Å². The molecule has 2 aromatic rings.